The molecule has 1 heterocycles. The molecule has 0 radical (unpaired) electrons. The predicted molar refractivity (Wildman–Crippen MR) is 54.9 cm³/mol. The zero-order valence-corrected chi connectivity index (χ0v) is 9.47. The van der Waals surface area contributed by atoms with Crippen molar-refractivity contribution in [2.45, 2.75) is 46.0 Å². The molecule has 2 N–H and O–H groups in total. The molecule has 0 amide bonds. The summed E-state index contributed by atoms with van der Waals surface area (Å²) in [5.41, 5.74) is 0. The first-order chi connectivity index (χ1) is 6.49. The number of hydrogen-bond donors (Lipinski definition) is 2. The summed E-state index contributed by atoms with van der Waals surface area (Å²) < 4.78 is 5.69. The first-order valence-corrected chi connectivity index (χ1v) is 5.43. The Morgan fingerprint density at radius 1 is 1.21 bits per heavy atom. The second-order valence-electron chi connectivity index (χ2n) is 4.77. The molecule has 1 fully saturated rings. The molecule has 14 heavy (non-hydrogen) atoms. The molecule has 84 valence electrons. The summed E-state index contributed by atoms with van der Waals surface area (Å²) in [4.78, 5) is 0. The van der Waals surface area contributed by atoms with Crippen molar-refractivity contribution in [1.29, 1.82) is 0 Å². The highest BCUT2D eigenvalue weighted by molar-refractivity contribution is 4.88. The Morgan fingerprint density at radius 3 is 2.21 bits per heavy atom. The molecule has 0 aromatic rings. The number of aliphatic hydroxyl groups is 2. The highest BCUT2D eigenvalue weighted by Crippen LogP contribution is 2.33. The van der Waals surface area contributed by atoms with Crippen LogP contribution < -0.4 is 0 Å². The van der Waals surface area contributed by atoms with Gasteiger partial charge in [0.2, 0.25) is 0 Å². The average molecular weight is 202 g/mol. The summed E-state index contributed by atoms with van der Waals surface area (Å²) in [6.45, 7) is 8.25. The summed E-state index contributed by atoms with van der Waals surface area (Å²) in [5.74, 6) is 0.954. The fourth-order valence-corrected chi connectivity index (χ4v) is 2.27. The smallest absolute Gasteiger partial charge is 0.107 e. The van der Waals surface area contributed by atoms with E-state index >= 15 is 0 Å². The lowest BCUT2D eigenvalue weighted by Gasteiger charge is -2.43. The summed E-state index contributed by atoms with van der Waals surface area (Å²) in [6, 6.07) is 0. The Labute approximate surface area is 86.1 Å². The summed E-state index contributed by atoms with van der Waals surface area (Å²) in [6.07, 6.45) is -0.802. The van der Waals surface area contributed by atoms with Crippen LogP contribution in [0.25, 0.3) is 0 Å². The van der Waals surface area contributed by atoms with Gasteiger partial charge in [-0.3, -0.25) is 0 Å². The van der Waals surface area contributed by atoms with Crippen LogP contribution in [0.15, 0.2) is 0 Å². The van der Waals surface area contributed by atoms with E-state index in [1.165, 1.54) is 0 Å². The van der Waals surface area contributed by atoms with Gasteiger partial charge in [0, 0.05) is 0 Å². The van der Waals surface area contributed by atoms with E-state index in [1.807, 2.05) is 6.92 Å². The van der Waals surface area contributed by atoms with Crippen molar-refractivity contribution < 1.29 is 14.9 Å². The highest BCUT2D eigenvalue weighted by Gasteiger charge is 2.40. The van der Waals surface area contributed by atoms with Crippen molar-refractivity contribution in [1.82, 2.24) is 0 Å². The summed E-state index contributed by atoms with van der Waals surface area (Å²) >= 11 is 0. The van der Waals surface area contributed by atoms with Gasteiger partial charge in [-0.25, -0.2) is 0 Å². The normalized spacial score (nSPS) is 44.4. The molecule has 1 rings (SSSR count). The standard InChI is InChI=1S/C11H22O3/c1-6(2)11-8(4)7(3)10(13)9(5-12)14-11/h6-13H,5H2,1-4H3/t7-,8-,9-,10+,11+/m1/s1. The number of rotatable bonds is 2. The third-order valence-electron chi connectivity index (χ3n) is 3.44. The first kappa shape index (κ1) is 12.0. The van der Waals surface area contributed by atoms with Gasteiger partial charge < -0.3 is 14.9 Å². The Kier molecular flexibility index (Phi) is 3.93. The summed E-state index contributed by atoms with van der Waals surface area (Å²) in [5, 5.41) is 18.9. The van der Waals surface area contributed by atoms with Gasteiger partial charge >= 0.3 is 0 Å². The van der Waals surface area contributed by atoms with E-state index in [2.05, 4.69) is 20.8 Å². The third kappa shape index (κ3) is 2.10. The molecule has 0 aromatic heterocycles. The van der Waals surface area contributed by atoms with Crippen molar-refractivity contribution in [2.24, 2.45) is 17.8 Å². The highest BCUT2D eigenvalue weighted by atomic mass is 16.5. The first-order valence-electron chi connectivity index (χ1n) is 5.43. The monoisotopic (exact) mass is 202 g/mol. The quantitative estimate of drug-likeness (QED) is 0.703. The molecule has 1 aliphatic heterocycles. The minimum Gasteiger partial charge on any atom is -0.394 e. The SMILES string of the molecule is CC(C)[C@@H]1O[C@H](CO)[C@@H](O)[C@H](C)[C@H]1C. The molecule has 1 aliphatic rings. The zero-order chi connectivity index (χ0) is 10.9. The minimum atomic E-state index is -0.537. The van der Waals surface area contributed by atoms with Crippen molar-refractivity contribution >= 4 is 0 Å². The van der Waals surface area contributed by atoms with Crippen LogP contribution in [0, 0.1) is 17.8 Å². The molecule has 0 bridgehead atoms. The molecule has 0 saturated carbocycles. The maximum Gasteiger partial charge on any atom is 0.107 e. The van der Waals surface area contributed by atoms with E-state index in [-0.39, 0.29) is 18.6 Å². The van der Waals surface area contributed by atoms with E-state index in [0.29, 0.717) is 11.8 Å². The van der Waals surface area contributed by atoms with Crippen molar-refractivity contribution in [3.05, 3.63) is 0 Å². The van der Waals surface area contributed by atoms with Gasteiger partial charge in [0.15, 0.2) is 0 Å². The maximum absolute atomic E-state index is 9.82. The van der Waals surface area contributed by atoms with Crippen molar-refractivity contribution in [3.8, 4) is 0 Å². The largest absolute Gasteiger partial charge is 0.394 e. The molecule has 0 unspecified atom stereocenters. The maximum atomic E-state index is 9.82. The second kappa shape index (κ2) is 4.60. The lowest BCUT2D eigenvalue weighted by Crippen LogP contribution is -2.52. The van der Waals surface area contributed by atoms with E-state index < -0.39 is 12.2 Å². The van der Waals surface area contributed by atoms with Crippen molar-refractivity contribution in [3.63, 3.8) is 0 Å². The van der Waals surface area contributed by atoms with Gasteiger partial charge in [-0.1, -0.05) is 27.7 Å². The van der Waals surface area contributed by atoms with Crippen LogP contribution in [-0.2, 0) is 4.74 Å². The molecule has 0 aromatic carbocycles. The Balaban J connectivity index is 2.73. The number of aliphatic hydroxyl groups excluding tert-OH is 2. The summed E-state index contributed by atoms with van der Waals surface area (Å²) in [7, 11) is 0. The van der Waals surface area contributed by atoms with Gasteiger partial charge in [0.1, 0.15) is 6.10 Å². The van der Waals surface area contributed by atoms with Crippen LogP contribution in [0.1, 0.15) is 27.7 Å². The molecule has 1 saturated heterocycles. The molecule has 3 nitrogen and oxygen atoms in total. The predicted octanol–water partition coefficient (Wildman–Crippen LogP) is 1.04. The van der Waals surface area contributed by atoms with E-state index in [0.717, 1.165) is 0 Å². The Hall–Kier alpha value is -0.120. The lowest BCUT2D eigenvalue weighted by atomic mass is 9.78. The Bertz CT molecular complexity index is 179. The minimum absolute atomic E-state index is 0.0958. The van der Waals surface area contributed by atoms with Gasteiger partial charge in [-0.05, 0) is 17.8 Å². The third-order valence-corrected chi connectivity index (χ3v) is 3.44. The van der Waals surface area contributed by atoms with Crippen LogP contribution in [0.2, 0.25) is 0 Å². The molecule has 3 heteroatoms. The van der Waals surface area contributed by atoms with E-state index in [9.17, 15) is 5.11 Å². The van der Waals surface area contributed by atoms with Crippen LogP contribution in [-0.4, -0.2) is 35.1 Å². The molecular weight excluding hydrogens is 180 g/mol. The van der Waals surface area contributed by atoms with Crippen LogP contribution >= 0.6 is 0 Å². The van der Waals surface area contributed by atoms with E-state index in [4.69, 9.17) is 9.84 Å². The van der Waals surface area contributed by atoms with Crippen LogP contribution in [0.3, 0.4) is 0 Å². The average Bonchev–Trinajstić information content (AvgIpc) is 2.14. The van der Waals surface area contributed by atoms with E-state index in [1.54, 1.807) is 0 Å². The lowest BCUT2D eigenvalue weighted by molar-refractivity contribution is -0.191. The second-order valence-corrected chi connectivity index (χ2v) is 4.77. The Morgan fingerprint density at radius 2 is 1.79 bits per heavy atom. The molecule has 0 spiro atoms. The van der Waals surface area contributed by atoms with Gasteiger partial charge in [0.25, 0.3) is 0 Å². The number of hydrogen-bond acceptors (Lipinski definition) is 3. The molecule has 5 atom stereocenters. The molecule has 0 aliphatic carbocycles. The number of ether oxygens (including phenoxy) is 1. The van der Waals surface area contributed by atoms with Gasteiger partial charge in [-0.2, -0.15) is 0 Å². The molecular formula is C11H22O3. The van der Waals surface area contributed by atoms with Crippen molar-refractivity contribution in [2.75, 3.05) is 6.61 Å². The van der Waals surface area contributed by atoms with Crippen LogP contribution in [0.5, 0.6) is 0 Å². The fourth-order valence-electron chi connectivity index (χ4n) is 2.27. The topological polar surface area (TPSA) is 49.7 Å². The van der Waals surface area contributed by atoms with Gasteiger partial charge in [-0.15, -0.1) is 0 Å². The van der Waals surface area contributed by atoms with Crippen LogP contribution in [0.4, 0.5) is 0 Å². The zero-order valence-electron chi connectivity index (χ0n) is 9.47. The fraction of sp³-hybridized carbons (Fsp3) is 1.00. The van der Waals surface area contributed by atoms with Gasteiger partial charge in [0.05, 0.1) is 18.8 Å².